The molecule has 4 unspecified atom stereocenters. The van der Waals surface area contributed by atoms with E-state index in [0.717, 1.165) is 45.3 Å². The molecule has 2 aliphatic heterocycles. The molecular formula is C15H24N2O. The maximum absolute atomic E-state index is 12.7. The third-order valence-electron chi connectivity index (χ3n) is 5.04. The van der Waals surface area contributed by atoms with Crippen LogP contribution in [0.1, 0.15) is 32.6 Å². The quantitative estimate of drug-likeness (QED) is 0.756. The van der Waals surface area contributed by atoms with Crippen LogP contribution >= 0.6 is 0 Å². The van der Waals surface area contributed by atoms with Crippen LogP contribution in [0.5, 0.6) is 0 Å². The van der Waals surface area contributed by atoms with Crippen LogP contribution in [0, 0.1) is 17.8 Å². The van der Waals surface area contributed by atoms with Crippen molar-refractivity contribution in [2.45, 2.75) is 38.6 Å². The number of nitrogens with one attached hydrogen (secondary N) is 1. The van der Waals surface area contributed by atoms with E-state index < -0.39 is 0 Å². The molecule has 3 rings (SSSR count). The Morgan fingerprint density at radius 2 is 2.28 bits per heavy atom. The summed E-state index contributed by atoms with van der Waals surface area (Å²) >= 11 is 0. The van der Waals surface area contributed by atoms with Gasteiger partial charge in [0.05, 0.1) is 0 Å². The standard InChI is InChI=1S/C15H24N2O/c1-2-14-13-9-16-8-12(13)10-17(14)15(18)11-6-4-3-5-7-11/h3-4,11-14,16H,2,5-10H2,1H3. The van der Waals surface area contributed by atoms with Crippen LogP contribution in [0.3, 0.4) is 0 Å². The molecule has 100 valence electrons. The van der Waals surface area contributed by atoms with Gasteiger partial charge in [-0.1, -0.05) is 19.1 Å². The molecule has 2 heterocycles. The Kier molecular flexibility index (Phi) is 3.42. The SMILES string of the molecule is CCC1C2CNCC2CN1C(=O)C1CC=CCC1. The number of nitrogens with zero attached hydrogens (tertiary/aromatic N) is 1. The van der Waals surface area contributed by atoms with Crippen molar-refractivity contribution >= 4 is 5.91 Å². The Balaban J connectivity index is 1.71. The van der Waals surface area contributed by atoms with Crippen molar-refractivity contribution in [2.24, 2.45) is 17.8 Å². The number of carbonyl (C=O) groups is 1. The summed E-state index contributed by atoms with van der Waals surface area (Å²) in [5.41, 5.74) is 0. The molecular weight excluding hydrogens is 224 g/mol. The van der Waals surface area contributed by atoms with Crippen molar-refractivity contribution in [3.63, 3.8) is 0 Å². The molecule has 2 fully saturated rings. The van der Waals surface area contributed by atoms with Crippen molar-refractivity contribution in [1.82, 2.24) is 10.2 Å². The molecule has 0 saturated carbocycles. The topological polar surface area (TPSA) is 32.3 Å². The molecule has 0 radical (unpaired) electrons. The number of likely N-dealkylation sites (tertiary alicyclic amines) is 1. The zero-order valence-electron chi connectivity index (χ0n) is 11.3. The number of allylic oxidation sites excluding steroid dienone is 2. The van der Waals surface area contributed by atoms with E-state index in [1.54, 1.807) is 0 Å². The van der Waals surface area contributed by atoms with Crippen LogP contribution < -0.4 is 5.32 Å². The summed E-state index contributed by atoms with van der Waals surface area (Å²) in [6.07, 6.45) is 8.59. The van der Waals surface area contributed by atoms with Gasteiger partial charge in [0.2, 0.25) is 5.91 Å². The molecule has 1 N–H and O–H groups in total. The Labute approximate surface area is 110 Å². The zero-order chi connectivity index (χ0) is 12.5. The van der Waals surface area contributed by atoms with E-state index in [0.29, 0.717) is 23.8 Å². The van der Waals surface area contributed by atoms with E-state index in [-0.39, 0.29) is 5.92 Å². The summed E-state index contributed by atoms with van der Waals surface area (Å²) in [7, 11) is 0. The smallest absolute Gasteiger partial charge is 0.226 e. The largest absolute Gasteiger partial charge is 0.339 e. The van der Waals surface area contributed by atoms with Gasteiger partial charge < -0.3 is 10.2 Å². The summed E-state index contributed by atoms with van der Waals surface area (Å²) in [6, 6.07) is 0.489. The average molecular weight is 248 g/mol. The molecule has 2 saturated heterocycles. The molecule has 0 spiro atoms. The van der Waals surface area contributed by atoms with Crippen molar-refractivity contribution in [3.8, 4) is 0 Å². The van der Waals surface area contributed by atoms with Gasteiger partial charge in [-0.15, -0.1) is 0 Å². The fourth-order valence-electron chi connectivity index (χ4n) is 4.05. The minimum absolute atomic E-state index is 0.260. The third-order valence-corrected chi connectivity index (χ3v) is 5.04. The first-order chi connectivity index (χ1) is 8.81. The van der Waals surface area contributed by atoms with Crippen LogP contribution in [0.4, 0.5) is 0 Å². The first kappa shape index (κ1) is 12.2. The van der Waals surface area contributed by atoms with Crippen molar-refractivity contribution in [1.29, 1.82) is 0 Å². The number of fused-ring (bicyclic) bond motifs is 1. The summed E-state index contributed by atoms with van der Waals surface area (Å²) in [4.78, 5) is 14.9. The fourth-order valence-corrected chi connectivity index (χ4v) is 4.05. The molecule has 3 aliphatic rings. The third kappa shape index (κ3) is 1.99. The normalized spacial score (nSPS) is 39.1. The monoisotopic (exact) mass is 248 g/mol. The highest BCUT2D eigenvalue weighted by atomic mass is 16.2. The van der Waals surface area contributed by atoms with Gasteiger partial charge in [0.25, 0.3) is 0 Å². The lowest BCUT2D eigenvalue weighted by Gasteiger charge is -2.31. The van der Waals surface area contributed by atoms with Crippen LogP contribution in [-0.4, -0.2) is 36.5 Å². The highest BCUT2D eigenvalue weighted by Crippen LogP contribution is 2.36. The minimum atomic E-state index is 0.260. The lowest BCUT2D eigenvalue weighted by Crippen LogP contribution is -2.42. The molecule has 1 aliphatic carbocycles. The van der Waals surface area contributed by atoms with E-state index in [9.17, 15) is 4.79 Å². The van der Waals surface area contributed by atoms with Gasteiger partial charge in [0.1, 0.15) is 0 Å². The van der Waals surface area contributed by atoms with Gasteiger partial charge in [0, 0.05) is 31.6 Å². The van der Waals surface area contributed by atoms with Crippen molar-refractivity contribution in [2.75, 3.05) is 19.6 Å². The predicted molar refractivity (Wildman–Crippen MR) is 72.1 cm³/mol. The number of carbonyl (C=O) groups excluding carboxylic acids is 1. The minimum Gasteiger partial charge on any atom is -0.339 e. The number of hydrogen-bond acceptors (Lipinski definition) is 2. The number of rotatable bonds is 2. The van der Waals surface area contributed by atoms with Crippen LogP contribution in [0.2, 0.25) is 0 Å². The molecule has 3 nitrogen and oxygen atoms in total. The van der Waals surface area contributed by atoms with Gasteiger partial charge in [-0.05, 0) is 37.5 Å². The van der Waals surface area contributed by atoms with E-state index in [2.05, 4.69) is 29.3 Å². The maximum Gasteiger partial charge on any atom is 0.226 e. The van der Waals surface area contributed by atoms with E-state index in [4.69, 9.17) is 0 Å². The van der Waals surface area contributed by atoms with Crippen molar-refractivity contribution in [3.05, 3.63) is 12.2 Å². The van der Waals surface area contributed by atoms with Gasteiger partial charge in [0.15, 0.2) is 0 Å². The van der Waals surface area contributed by atoms with Crippen LogP contribution in [0.25, 0.3) is 0 Å². The molecule has 0 aromatic rings. The number of hydrogen-bond donors (Lipinski definition) is 1. The van der Waals surface area contributed by atoms with Gasteiger partial charge in [-0.3, -0.25) is 4.79 Å². The Bertz CT molecular complexity index is 352. The van der Waals surface area contributed by atoms with E-state index in [1.165, 1.54) is 0 Å². The lowest BCUT2D eigenvalue weighted by molar-refractivity contribution is -0.137. The highest BCUT2D eigenvalue weighted by molar-refractivity contribution is 5.80. The first-order valence-corrected chi connectivity index (χ1v) is 7.47. The summed E-state index contributed by atoms with van der Waals surface area (Å²) in [5, 5.41) is 3.48. The Hall–Kier alpha value is -0.830. The van der Waals surface area contributed by atoms with Gasteiger partial charge in [-0.25, -0.2) is 0 Å². The maximum atomic E-state index is 12.7. The molecule has 3 heteroatoms. The first-order valence-electron chi connectivity index (χ1n) is 7.47. The van der Waals surface area contributed by atoms with Crippen molar-refractivity contribution < 1.29 is 4.79 Å². The molecule has 0 bridgehead atoms. The molecule has 0 aromatic carbocycles. The molecule has 4 atom stereocenters. The van der Waals surface area contributed by atoms with Crippen LogP contribution in [-0.2, 0) is 4.79 Å². The summed E-state index contributed by atoms with van der Waals surface area (Å²) < 4.78 is 0. The molecule has 1 amide bonds. The second-order valence-electron chi connectivity index (χ2n) is 6.03. The zero-order valence-corrected chi connectivity index (χ0v) is 11.3. The second kappa shape index (κ2) is 5.04. The highest BCUT2D eigenvalue weighted by Gasteiger charge is 2.45. The van der Waals surface area contributed by atoms with Gasteiger partial charge >= 0.3 is 0 Å². The second-order valence-corrected chi connectivity index (χ2v) is 6.03. The van der Waals surface area contributed by atoms with E-state index in [1.807, 2.05) is 0 Å². The Morgan fingerprint density at radius 1 is 1.39 bits per heavy atom. The average Bonchev–Trinajstić information content (AvgIpc) is 2.98. The Morgan fingerprint density at radius 3 is 3.00 bits per heavy atom. The predicted octanol–water partition coefficient (Wildman–Crippen LogP) is 1.80. The molecule has 18 heavy (non-hydrogen) atoms. The van der Waals surface area contributed by atoms with Crippen LogP contribution in [0.15, 0.2) is 12.2 Å². The summed E-state index contributed by atoms with van der Waals surface area (Å²) in [6.45, 7) is 5.44. The summed E-state index contributed by atoms with van der Waals surface area (Å²) in [5.74, 6) is 2.10. The lowest BCUT2D eigenvalue weighted by atomic mass is 9.91. The van der Waals surface area contributed by atoms with Gasteiger partial charge in [-0.2, -0.15) is 0 Å². The number of amides is 1. The molecule has 0 aromatic heterocycles. The fraction of sp³-hybridized carbons (Fsp3) is 0.800. The van der Waals surface area contributed by atoms with E-state index >= 15 is 0 Å².